The molecule has 2 aromatic rings. The number of hydrogen-bond acceptors (Lipinski definition) is 4. The molecule has 0 aliphatic carbocycles. The fourth-order valence-electron chi connectivity index (χ4n) is 2.05. The summed E-state index contributed by atoms with van der Waals surface area (Å²) in [5.41, 5.74) is 1.98. The van der Waals surface area contributed by atoms with Crippen LogP contribution in [0.5, 0.6) is 0 Å². The number of aromatic nitrogens is 4. The average Bonchev–Trinajstić information content (AvgIpc) is 2.95. The third-order valence-corrected chi connectivity index (χ3v) is 3.64. The standard InChI is InChI=1S/C13H20ClN5O/c1-10-11(13(14)18(2)17-10)9-19-6-4-16-12(19)8-15-5-7-20-3/h4,6,15H,5,7-9H2,1-3H3. The molecule has 110 valence electrons. The van der Waals surface area contributed by atoms with Gasteiger partial charge < -0.3 is 14.6 Å². The van der Waals surface area contributed by atoms with Crippen molar-refractivity contribution in [3.05, 3.63) is 34.6 Å². The maximum atomic E-state index is 6.26. The molecular weight excluding hydrogens is 278 g/mol. The molecule has 0 aromatic carbocycles. The second kappa shape index (κ2) is 6.88. The first-order valence-electron chi connectivity index (χ1n) is 6.51. The maximum absolute atomic E-state index is 6.26. The van der Waals surface area contributed by atoms with Crippen LogP contribution in [0.25, 0.3) is 0 Å². The molecule has 20 heavy (non-hydrogen) atoms. The van der Waals surface area contributed by atoms with Crippen LogP contribution in [0.15, 0.2) is 12.4 Å². The van der Waals surface area contributed by atoms with Gasteiger partial charge in [-0.25, -0.2) is 4.98 Å². The van der Waals surface area contributed by atoms with Crippen molar-refractivity contribution in [1.29, 1.82) is 0 Å². The summed E-state index contributed by atoms with van der Waals surface area (Å²) in [6.45, 7) is 4.84. The zero-order chi connectivity index (χ0) is 14.5. The molecule has 0 atom stereocenters. The van der Waals surface area contributed by atoms with Gasteiger partial charge in [0.2, 0.25) is 0 Å². The quantitative estimate of drug-likeness (QED) is 0.784. The number of nitrogens with zero attached hydrogens (tertiary/aromatic N) is 4. The van der Waals surface area contributed by atoms with Crippen molar-refractivity contribution in [1.82, 2.24) is 24.6 Å². The Morgan fingerprint density at radius 3 is 2.90 bits per heavy atom. The summed E-state index contributed by atoms with van der Waals surface area (Å²) in [7, 11) is 3.54. The zero-order valence-corrected chi connectivity index (χ0v) is 12.8. The van der Waals surface area contributed by atoms with E-state index in [1.807, 2.05) is 20.2 Å². The minimum absolute atomic E-state index is 0.675. The van der Waals surface area contributed by atoms with E-state index in [-0.39, 0.29) is 0 Å². The molecule has 0 aliphatic heterocycles. The van der Waals surface area contributed by atoms with Gasteiger partial charge in [-0.3, -0.25) is 4.68 Å². The number of hydrogen-bond donors (Lipinski definition) is 1. The minimum Gasteiger partial charge on any atom is -0.383 e. The Kier molecular flexibility index (Phi) is 5.17. The number of rotatable bonds is 7. The highest BCUT2D eigenvalue weighted by atomic mass is 35.5. The Bertz CT molecular complexity index is 563. The Balaban J connectivity index is 2.05. The highest BCUT2D eigenvalue weighted by Gasteiger charge is 2.13. The molecule has 0 bridgehead atoms. The van der Waals surface area contributed by atoms with Crippen LogP contribution in [0.1, 0.15) is 17.1 Å². The highest BCUT2D eigenvalue weighted by Crippen LogP contribution is 2.20. The Morgan fingerprint density at radius 2 is 2.25 bits per heavy atom. The smallest absolute Gasteiger partial charge is 0.131 e. The van der Waals surface area contributed by atoms with E-state index in [0.29, 0.717) is 24.8 Å². The first-order chi connectivity index (χ1) is 9.63. The molecule has 2 heterocycles. The van der Waals surface area contributed by atoms with E-state index in [1.54, 1.807) is 18.0 Å². The van der Waals surface area contributed by atoms with Crippen LogP contribution in [0, 0.1) is 6.92 Å². The number of halogens is 1. The summed E-state index contributed by atoms with van der Waals surface area (Å²) < 4.78 is 8.78. The van der Waals surface area contributed by atoms with Crippen molar-refractivity contribution >= 4 is 11.6 Å². The zero-order valence-electron chi connectivity index (χ0n) is 12.1. The van der Waals surface area contributed by atoms with E-state index in [1.165, 1.54) is 0 Å². The highest BCUT2D eigenvalue weighted by molar-refractivity contribution is 6.30. The lowest BCUT2D eigenvalue weighted by Gasteiger charge is -2.09. The number of methoxy groups -OCH3 is 1. The number of aryl methyl sites for hydroxylation is 2. The van der Waals surface area contributed by atoms with Gasteiger partial charge in [0.25, 0.3) is 0 Å². The Labute approximate surface area is 123 Å². The third kappa shape index (κ3) is 3.39. The van der Waals surface area contributed by atoms with E-state index in [9.17, 15) is 0 Å². The van der Waals surface area contributed by atoms with E-state index >= 15 is 0 Å². The van der Waals surface area contributed by atoms with Crippen LogP contribution in [0.2, 0.25) is 5.15 Å². The summed E-state index contributed by atoms with van der Waals surface area (Å²) >= 11 is 6.26. The molecule has 0 amide bonds. The summed E-state index contributed by atoms with van der Waals surface area (Å²) in [5, 5.41) is 8.29. The summed E-state index contributed by atoms with van der Waals surface area (Å²) in [4.78, 5) is 4.37. The number of nitrogens with one attached hydrogen (secondary N) is 1. The minimum atomic E-state index is 0.675. The first kappa shape index (κ1) is 15.0. The van der Waals surface area contributed by atoms with Crippen LogP contribution in [-0.4, -0.2) is 39.6 Å². The largest absolute Gasteiger partial charge is 0.383 e. The molecule has 0 saturated carbocycles. The maximum Gasteiger partial charge on any atom is 0.131 e. The topological polar surface area (TPSA) is 56.9 Å². The molecule has 7 heteroatoms. The Morgan fingerprint density at radius 1 is 1.45 bits per heavy atom. The van der Waals surface area contributed by atoms with Crippen molar-refractivity contribution in [2.24, 2.45) is 7.05 Å². The van der Waals surface area contributed by atoms with Gasteiger partial charge >= 0.3 is 0 Å². The molecular formula is C13H20ClN5O. The SMILES string of the molecule is COCCNCc1nccn1Cc1c(C)nn(C)c1Cl. The molecule has 0 fully saturated rings. The van der Waals surface area contributed by atoms with E-state index in [0.717, 1.165) is 23.6 Å². The normalized spacial score (nSPS) is 11.2. The number of ether oxygens (including phenoxy) is 1. The lowest BCUT2D eigenvalue weighted by Crippen LogP contribution is -2.21. The molecule has 0 saturated heterocycles. The van der Waals surface area contributed by atoms with Gasteiger partial charge in [0, 0.05) is 38.7 Å². The van der Waals surface area contributed by atoms with Crippen molar-refractivity contribution in [3.8, 4) is 0 Å². The first-order valence-corrected chi connectivity index (χ1v) is 6.89. The van der Waals surface area contributed by atoms with Crippen LogP contribution in [0.4, 0.5) is 0 Å². The molecule has 2 aromatic heterocycles. The predicted octanol–water partition coefficient (Wildman–Crippen LogP) is 1.36. The van der Waals surface area contributed by atoms with Gasteiger partial charge in [0.1, 0.15) is 11.0 Å². The summed E-state index contributed by atoms with van der Waals surface area (Å²) in [5.74, 6) is 0.973. The van der Waals surface area contributed by atoms with Crippen LogP contribution < -0.4 is 5.32 Å². The molecule has 2 rings (SSSR count). The van der Waals surface area contributed by atoms with E-state index in [4.69, 9.17) is 16.3 Å². The van der Waals surface area contributed by atoms with E-state index < -0.39 is 0 Å². The second-order valence-electron chi connectivity index (χ2n) is 4.62. The van der Waals surface area contributed by atoms with Gasteiger partial charge in [-0.1, -0.05) is 11.6 Å². The van der Waals surface area contributed by atoms with Crippen LogP contribution >= 0.6 is 11.6 Å². The van der Waals surface area contributed by atoms with Gasteiger partial charge in [0.05, 0.1) is 25.4 Å². The molecule has 0 aliphatic rings. The van der Waals surface area contributed by atoms with Gasteiger partial charge in [-0.05, 0) is 6.92 Å². The molecule has 0 unspecified atom stereocenters. The Hall–Kier alpha value is -1.37. The van der Waals surface area contributed by atoms with Crippen molar-refractivity contribution in [3.63, 3.8) is 0 Å². The third-order valence-electron chi connectivity index (χ3n) is 3.17. The molecule has 0 radical (unpaired) electrons. The van der Waals surface area contributed by atoms with Crippen molar-refractivity contribution in [2.75, 3.05) is 20.3 Å². The second-order valence-corrected chi connectivity index (χ2v) is 4.98. The van der Waals surface area contributed by atoms with Gasteiger partial charge in [-0.2, -0.15) is 5.10 Å². The molecule has 0 spiro atoms. The fourth-order valence-corrected chi connectivity index (χ4v) is 2.28. The van der Waals surface area contributed by atoms with E-state index in [2.05, 4.69) is 20.0 Å². The van der Waals surface area contributed by atoms with Crippen molar-refractivity contribution < 1.29 is 4.74 Å². The summed E-state index contributed by atoms with van der Waals surface area (Å²) in [6, 6.07) is 0. The number of imidazole rings is 1. The summed E-state index contributed by atoms with van der Waals surface area (Å²) in [6.07, 6.45) is 3.75. The van der Waals surface area contributed by atoms with Gasteiger partial charge in [0.15, 0.2) is 0 Å². The monoisotopic (exact) mass is 297 g/mol. The van der Waals surface area contributed by atoms with Crippen molar-refractivity contribution in [2.45, 2.75) is 20.0 Å². The average molecular weight is 298 g/mol. The molecule has 6 nitrogen and oxygen atoms in total. The van der Waals surface area contributed by atoms with Gasteiger partial charge in [-0.15, -0.1) is 0 Å². The van der Waals surface area contributed by atoms with Crippen LogP contribution in [-0.2, 0) is 24.9 Å². The predicted molar refractivity (Wildman–Crippen MR) is 77.9 cm³/mol. The van der Waals surface area contributed by atoms with Crippen LogP contribution in [0.3, 0.4) is 0 Å². The fraction of sp³-hybridized carbons (Fsp3) is 0.538. The molecule has 1 N–H and O–H groups in total. The lowest BCUT2D eigenvalue weighted by molar-refractivity contribution is 0.199. The lowest BCUT2D eigenvalue weighted by atomic mass is 10.2.